The third-order valence-corrected chi connectivity index (χ3v) is 3.67. The Hall–Kier alpha value is -1.39. The zero-order valence-corrected chi connectivity index (χ0v) is 11.8. The van der Waals surface area contributed by atoms with Crippen LogP contribution >= 0.6 is 11.6 Å². The molecular formula is C13H17ClN4. The molecule has 2 rings (SSSR count). The van der Waals surface area contributed by atoms with Crippen LogP contribution in [-0.2, 0) is 0 Å². The molecule has 2 heterocycles. The average Bonchev–Trinajstić information content (AvgIpc) is 2.65. The molecule has 0 aliphatic rings. The van der Waals surface area contributed by atoms with Crippen LogP contribution in [0.1, 0.15) is 29.9 Å². The molecule has 1 atom stereocenters. The molecule has 1 unspecified atom stereocenters. The molecule has 0 aliphatic carbocycles. The van der Waals surface area contributed by atoms with Crippen molar-refractivity contribution in [3.63, 3.8) is 0 Å². The third kappa shape index (κ3) is 2.13. The van der Waals surface area contributed by atoms with E-state index >= 15 is 0 Å². The van der Waals surface area contributed by atoms with Crippen LogP contribution in [0.4, 0.5) is 0 Å². The normalized spacial score (nSPS) is 12.7. The fourth-order valence-corrected chi connectivity index (χ4v) is 2.03. The zero-order chi connectivity index (χ0) is 13.3. The molecule has 0 saturated heterocycles. The number of rotatable bonds is 3. The highest BCUT2D eigenvalue weighted by atomic mass is 35.5. The highest BCUT2D eigenvalue weighted by molar-refractivity contribution is 6.31. The van der Waals surface area contributed by atoms with E-state index in [0.717, 1.165) is 22.8 Å². The van der Waals surface area contributed by atoms with Gasteiger partial charge in [-0.1, -0.05) is 17.7 Å². The number of hydrogen-bond donors (Lipinski definition) is 1. The summed E-state index contributed by atoms with van der Waals surface area (Å²) in [5.41, 5.74) is 2.84. The average molecular weight is 265 g/mol. The molecule has 0 spiro atoms. The second-order valence-electron chi connectivity index (χ2n) is 4.32. The van der Waals surface area contributed by atoms with Crippen LogP contribution in [0.25, 0.3) is 5.82 Å². The highest BCUT2D eigenvalue weighted by Gasteiger charge is 2.16. The lowest BCUT2D eigenvalue weighted by Gasteiger charge is -2.15. The lowest BCUT2D eigenvalue weighted by Crippen LogP contribution is -2.16. The lowest BCUT2D eigenvalue weighted by atomic mass is 10.1. The van der Waals surface area contributed by atoms with Crippen LogP contribution in [0.15, 0.2) is 18.3 Å². The van der Waals surface area contributed by atoms with Gasteiger partial charge in [-0.3, -0.25) is 0 Å². The maximum atomic E-state index is 6.19. The maximum absolute atomic E-state index is 6.19. The van der Waals surface area contributed by atoms with Crippen LogP contribution < -0.4 is 5.32 Å². The molecular weight excluding hydrogens is 248 g/mol. The van der Waals surface area contributed by atoms with Crippen LogP contribution in [0.2, 0.25) is 5.02 Å². The Balaban J connectivity index is 2.60. The first-order chi connectivity index (χ1) is 8.56. The van der Waals surface area contributed by atoms with Gasteiger partial charge in [-0.15, -0.1) is 0 Å². The predicted octanol–water partition coefficient (Wildman–Crippen LogP) is 2.82. The molecule has 18 heavy (non-hydrogen) atoms. The van der Waals surface area contributed by atoms with E-state index in [1.165, 1.54) is 0 Å². The third-order valence-electron chi connectivity index (χ3n) is 3.12. The van der Waals surface area contributed by atoms with E-state index in [1.807, 2.05) is 33.0 Å². The zero-order valence-electron chi connectivity index (χ0n) is 11.0. The molecule has 0 radical (unpaired) electrons. The number of aryl methyl sites for hydroxylation is 1. The molecule has 2 aromatic rings. The van der Waals surface area contributed by atoms with Gasteiger partial charge in [0.25, 0.3) is 0 Å². The Morgan fingerprint density at radius 3 is 2.67 bits per heavy atom. The van der Waals surface area contributed by atoms with Crippen LogP contribution in [0, 0.1) is 13.8 Å². The van der Waals surface area contributed by atoms with Crippen LogP contribution in [0.3, 0.4) is 0 Å². The number of hydrogen-bond acceptors (Lipinski definition) is 3. The van der Waals surface area contributed by atoms with E-state index in [-0.39, 0.29) is 6.04 Å². The van der Waals surface area contributed by atoms with Gasteiger partial charge in [0.1, 0.15) is 0 Å². The summed E-state index contributed by atoms with van der Waals surface area (Å²) in [5.74, 6) is 0.826. The number of aromatic nitrogens is 3. The number of nitrogens with zero attached hydrogens (tertiary/aromatic N) is 3. The Labute approximate surface area is 112 Å². The van der Waals surface area contributed by atoms with Gasteiger partial charge in [0.2, 0.25) is 0 Å². The van der Waals surface area contributed by atoms with Crippen molar-refractivity contribution in [3.8, 4) is 5.82 Å². The van der Waals surface area contributed by atoms with Crippen molar-refractivity contribution in [2.45, 2.75) is 26.8 Å². The van der Waals surface area contributed by atoms with Crippen molar-refractivity contribution >= 4 is 11.6 Å². The summed E-state index contributed by atoms with van der Waals surface area (Å²) in [6.07, 6.45) is 1.77. The molecule has 96 valence electrons. The summed E-state index contributed by atoms with van der Waals surface area (Å²) < 4.78 is 1.81. The monoisotopic (exact) mass is 264 g/mol. The van der Waals surface area contributed by atoms with E-state index < -0.39 is 0 Å². The van der Waals surface area contributed by atoms with E-state index in [1.54, 1.807) is 10.9 Å². The molecule has 0 fully saturated rings. The molecule has 0 saturated carbocycles. The fraction of sp³-hybridized carbons (Fsp3) is 0.385. The standard InChI is InChI=1S/C13H17ClN4/c1-8(15-4)11-6-5-7-16-13(11)18-10(3)12(14)9(2)17-18/h5-8,15H,1-4H3. The molecule has 5 heteroatoms. The molecule has 0 amide bonds. The Morgan fingerprint density at radius 2 is 2.11 bits per heavy atom. The fourth-order valence-electron chi connectivity index (χ4n) is 1.91. The lowest BCUT2D eigenvalue weighted by molar-refractivity contribution is 0.636. The molecule has 0 aromatic carbocycles. The largest absolute Gasteiger partial charge is 0.313 e. The van der Waals surface area contributed by atoms with Crippen molar-refractivity contribution in [2.75, 3.05) is 7.05 Å². The van der Waals surface area contributed by atoms with Crippen LogP contribution in [0.5, 0.6) is 0 Å². The second-order valence-corrected chi connectivity index (χ2v) is 4.70. The van der Waals surface area contributed by atoms with Gasteiger partial charge in [0.05, 0.1) is 16.4 Å². The Morgan fingerprint density at radius 1 is 1.39 bits per heavy atom. The summed E-state index contributed by atoms with van der Waals surface area (Å²) in [5, 5.41) is 8.37. The minimum absolute atomic E-state index is 0.205. The van der Waals surface area contributed by atoms with Crippen molar-refractivity contribution < 1.29 is 0 Å². The summed E-state index contributed by atoms with van der Waals surface area (Å²) in [4.78, 5) is 4.44. The van der Waals surface area contributed by atoms with Crippen molar-refractivity contribution in [1.82, 2.24) is 20.1 Å². The number of nitrogens with one attached hydrogen (secondary N) is 1. The molecule has 1 N–H and O–H groups in total. The highest BCUT2D eigenvalue weighted by Crippen LogP contribution is 2.25. The smallest absolute Gasteiger partial charge is 0.158 e. The number of halogens is 1. The van der Waals surface area contributed by atoms with Gasteiger partial charge in [-0.25, -0.2) is 9.67 Å². The molecule has 2 aromatic heterocycles. The minimum Gasteiger partial charge on any atom is -0.313 e. The quantitative estimate of drug-likeness (QED) is 0.927. The van der Waals surface area contributed by atoms with Gasteiger partial charge in [-0.2, -0.15) is 5.10 Å². The van der Waals surface area contributed by atoms with Gasteiger partial charge < -0.3 is 5.32 Å². The Kier molecular flexibility index (Phi) is 3.68. The van der Waals surface area contributed by atoms with Crippen molar-refractivity contribution in [2.24, 2.45) is 0 Å². The Bertz CT molecular complexity index is 562. The van der Waals surface area contributed by atoms with E-state index in [4.69, 9.17) is 11.6 Å². The SMILES string of the molecule is CNC(C)c1cccnc1-n1nc(C)c(Cl)c1C. The van der Waals surface area contributed by atoms with E-state index in [9.17, 15) is 0 Å². The summed E-state index contributed by atoms with van der Waals surface area (Å²) >= 11 is 6.19. The number of pyridine rings is 1. The summed E-state index contributed by atoms with van der Waals surface area (Å²) in [6, 6.07) is 4.18. The topological polar surface area (TPSA) is 42.7 Å². The first kappa shape index (κ1) is 13.1. The van der Waals surface area contributed by atoms with Crippen molar-refractivity contribution in [3.05, 3.63) is 40.3 Å². The molecule has 0 aliphatic heterocycles. The summed E-state index contributed by atoms with van der Waals surface area (Å²) in [7, 11) is 1.93. The van der Waals surface area contributed by atoms with E-state index in [0.29, 0.717) is 5.02 Å². The maximum Gasteiger partial charge on any atom is 0.158 e. The van der Waals surface area contributed by atoms with Crippen LogP contribution in [-0.4, -0.2) is 21.8 Å². The van der Waals surface area contributed by atoms with Crippen molar-refractivity contribution in [1.29, 1.82) is 0 Å². The van der Waals surface area contributed by atoms with Gasteiger partial charge in [-0.05, 0) is 33.9 Å². The van der Waals surface area contributed by atoms with Gasteiger partial charge in [0.15, 0.2) is 5.82 Å². The van der Waals surface area contributed by atoms with Gasteiger partial charge in [0, 0.05) is 17.8 Å². The predicted molar refractivity (Wildman–Crippen MR) is 73.3 cm³/mol. The van der Waals surface area contributed by atoms with E-state index in [2.05, 4.69) is 22.3 Å². The molecule has 4 nitrogen and oxygen atoms in total. The van der Waals surface area contributed by atoms with Gasteiger partial charge >= 0.3 is 0 Å². The summed E-state index contributed by atoms with van der Waals surface area (Å²) in [6.45, 7) is 5.94. The second kappa shape index (κ2) is 5.08. The minimum atomic E-state index is 0.205. The first-order valence-corrected chi connectivity index (χ1v) is 6.28. The molecule has 0 bridgehead atoms. The first-order valence-electron chi connectivity index (χ1n) is 5.90.